The molecule has 1 N–H and O–H groups in total. The molecule has 1 heteroatoms. The quantitative estimate of drug-likeness (QED) is 0.583. The molecule has 1 unspecified atom stereocenters. The van der Waals surface area contributed by atoms with Gasteiger partial charge in [-0.25, -0.2) is 0 Å². The van der Waals surface area contributed by atoms with E-state index in [1.54, 1.807) is 0 Å². The maximum Gasteiger partial charge on any atom is 0.0500 e. The number of hydrogen-bond acceptors (Lipinski definition) is 0. The molecule has 21 heavy (non-hydrogen) atoms. The van der Waals surface area contributed by atoms with E-state index < -0.39 is 0 Å². The number of aromatic nitrogens is 1. The lowest BCUT2D eigenvalue weighted by molar-refractivity contribution is 0.304. The molecule has 0 aliphatic carbocycles. The van der Waals surface area contributed by atoms with Crippen LogP contribution in [0.25, 0.3) is 21.8 Å². The first-order valence-electron chi connectivity index (χ1n) is 8.01. The summed E-state index contributed by atoms with van der Waals surface area (Å²) in [7, 11) is 0. The molecule has 0 saturated carbocycles. The van der Waals surface area contributed by atoms with Crippen LogP contribution in [0.2, 0.25) is 0 Å². The molecular weight excluding hydrogens is 254 g/mol. The van der Waals surface area contributed by atoms with Gasteiger partial charge in [0.05, 0.1) is 0 Å². The van der Waals surface area contributed by atoms with Crippen molar-refractivity contribution in [3.05, 3.63) is 48.0 Å². The van der Waals surface area contributed by atoms with Crippen LogP contribution in [0, 0.1) is 5.41 Å². The van der Waals surface area contributed by atoms with Gasteiger partial charge in [0.2, 0.25) is 0 Å². The van der Waals surface area contributed by atoms with E-state index in [0.717, 1.165) is 0 Å². The summed E-state index contributed by atoms with van der Waals surface area (Å²) in [6.45, 7) is 9.35. The third-order valence-corrected chi connectivity index (χ3v) is 4.57. The number of rotatable bonds is 3. The molecule has 0 bridgehead atoms. The van der Waals surface area contributed by atoms with E-state index in [1.165, 1.54) is 40.2 Å². The standard InChI is InChI=1S/C20H25N/c1-5-9-17(20(2,3)4)16-12-8-11-15-14-10-6-7-13-18(14)21-19(15)16/h6-8,10-13,17,21H,5,9H2,1-4H3. The Bertz CT molecular complexity index is 758. The SMILES string of the molecule is CCCC(c1cccc2c1[nH]c1ccccc12)C(C)(C)C. The Morgan fingerprint density at radius 2 is 1.67 bits per heavy atom. The minimum absolute atomic E-state index is 0.279. The molecule has 2 aromatic carbocycles. The van der Waals surface area contributed by atoms with Crippen molar-refractivity contribution in [2.45, 2.75) is 46.5 Å². The van der Waals surface area contributed by atoms with Crippen LogP contribution in [0.15, 0.2) is 42.5 Å². The van der Waals surface area contributed by atoms with Gasteiger partial charge in [-0.05, 0) is 29.4 Å². The van der Waals surface area contributed by atoms with Gasteiger partial charge in [0, 0.05) is 21.8 Å². The maximum absolute atomic E-state index is 3.66. The van der Waals surface area contributed by atoms with E-state index in [2.05, 4.69) is 75.1 Å². The molecule has 1 nitrogen and oxygen atoms in total. The minimum atomic E-state index is 0.279. The number of H-pyrrole nitrogens is 1. The molecule has 0 fully saturated rings. The molecule has 0 aliphatic rings. The van der Waals surface area contributed by atoms with Crippen LogP contribution in [0.4, 0.5) is 0 Å². The van der Waals surface area contributed by atoms with Gasteiger partial charge >= 0.3 is 0 Å². The van der Waals surface area contributed by atoms with Crippen molar-refractivity contribution >= 4 is 21.8 Å². The molecule has 0 saturated heterocycles. The smallest absolute Gasteiger partial charge is 0.0500 e. The molecule has 0 amide bonds. The fraction of sp³-hybridized carbons (Fsp3) is 0.400. The molecule has 3 rings (SSSR count). The third-order valence-electron chi connectivity index (χ3n) is 4.57. The van der Waals surface area contributed by atoms with Crippen LogP contribution in [-0.2, 0) is 0 Å². The fourth-order valence-corrected chi connectivity index (χ4v) is 3.53. The number of nitrogens with one attached hydrogen (secondary N) is 1. The summed E-state index contributed by atoms with van der Waals surface area (Å²) in [6.07, 6.45) is 2.45. The molecule has 1 aromatic heterocycles. The number of benzene rings is 2. The van der Waals surface area contributed by atoms with Gasteiger partial charge in [0.1, 0.15) is 0 Å². The molecular formula is C20H25N. The van der Waals surface area contributed by atoms with Crippen LogP contribution in [-0.4, -0.2) is 4.98 Å². The molecule has 3 aromatic rings. The summed E-state index contributed by atoms with van der Waals surface area (Å²) in [5.41, 5.74) is 4.32. The first-order chi connectivity index (χ1) is 10.0. The van der Waals surface area contributed by atoms with E-state index in [9.17, 15) is 0 Å². The number of fused-ring (bicyclic) bond motifs is 3. The van der Waals surface area contributed by atoms with E-state index in [0.29, 0.717) is 5.92 Å². The van der Waals surface area contributed by atoms with E-state index in [4.69, 9.17) is 0 Å². The van der Waals surface area contributed by atoms with Crippen molar-refractivity contribution in [3.63, 3.8) is 0 Å². The van der Waals surface area contributed by atoms with Crippen molar-refractivity contribution in [2.75, 3.05) is 0 Å². The second-order valence-corrected chi connectivity index (χ2v) is 7.15. The van der Waals surface area contributed by atoms with E-state index >= 15 is 0 Å². The summed E-state index contributed by atoms with van der Waals surface area (Å²) < 4.78 is 0. The van der Waals surface area contributed by atoms with E-state index in [1.807, 2.05) is 0 Å². The summed E-state index contributed by atoms with van der Waals surface area (Å²) in [5.74, 6) is 0.583. The van der Waals surface area contributed by atoms with Gasteiger partial charge in [0.15, 0.2) is 0 Å². The highest BCUT2D eigenvalue weighted by molar-refractivity contribution is 6.08. The highest BCUT2D eigenvalue weighted by Crippen LogP contribution is 2.42. The van der Waals surface area contributed by atoms with Gasteiger partial charge in [-0.1, -0.05) is 70.5 Å². The molecule has 0 radical (unpaired) electrons. The molecule has 110 valence electrons. The average Bonchev–Trinajstić information content (AvgIpc) is 2.82. The Kier molecular flexibility index (Phi) is 3.52. The zero-order chi connectivity index (χ0) is 15.0. The predicted octanol–water partition coefficient (Wildman–Crippen LogP) is 6.25. The Morgan fingerprint density at radius 3 is 2.38 bits per heavy atom. The molecule has 0 aliphatic heterocycles. The lowest BCUT2D eigenvalue weighted by Gasteiger charge is -2.31. The molecule has 0 spiro atoms. The number of aromatic amines is 1. The largest absolute Gasteiger partial charge is 0.354 e. The van der Waals surface area contributed by atoms with Gasteiger partial charge in [-0.3, -0.25) is 0 Å². The van der Waals surface area contributed by atoms with Crippen LogP contribution in [0.1, 0.15) is 52.0 Å². The van der Waals surface area contributed by atoms with Crippen molar-refractivity contribution in [1.82, 2.24) is 4.98 Å². The van der Waals surface area contributed by atoms with Gasteiger partial charge in [-0.2, -0.15) is 0 Å². The Morgan fingerprint density at radius 1 is 0.952 bits per heavy atom. The molecule has 1 heterocycles. The summed E-state index contributed by atoms with van der Waals surface area (Å²) in [6, 6.07) is 15.4. The van der Waals surface area contributed by atoms with E-state index in [-0.39, 0.29) is 5.41 Å². The highest BCUT2D eigenvalue weighted by atomic mass is 14.7. The average molecular weight is 279 g/mol. The van der Waals surface area contributed by atoms with Crippen LogP contribution in [0.3, 0.4) is 0 Å². The van der Waals surface area contributed by atoms with Gasteiger partial charge in [0.25, 0.3) is 0 Å². The van der Waals surface area contributed by atoms with Gasteiger partial charge < -0.3 is 4.98 Å². The Labute approximate surface area is 127 Å². The second-order valence-electron chi connectivity index (χ2n) is 7.15. The predicted molar refractivity (Wildman–Crippen MR) is 92.9 cm³/mol. The van der Waals surface area contributed by atoms with Crippen molar-refractivity contribution < 1.29 is 0 Å². The van der Waals surface area contributed by atoms with Crippen LogP contribution < -0.4 is 0 Å². The number of hydrogen-bond donors (Lipinski definition) is 1. The Balaban J connectivity index is 2.27. The van der Waals surface area contributed by atoms with Crippen molar-refractivity contribution in [3.8, 4) is 0 Å². The first kappa shape index (κ1) is 14.2. The van der Waals surface area contributed by atoms with Crippen LogP contribution >= 0.6 is 0 Å². The van der Waals surface area contributed by atoms with Crippen LogP contribution in [0.5, 0.6) is 0 Å². The zero-order valence-corrected chi connectivity index (χ0v) is 13.5. The second kappa shape index (κ2) is 5.22. The monoisotopic (exact) mass is 279 g/mol. The summed E-state index contributed by atoms with van der Waals surface area (Å²) >= 11 is 0. The lowest BCUT2D eigenvalue weighted by atomic mass is 9.73. The highest BCUT2D eigenvalue weighted by Gasteiger charge is 2.27. The normalized spacial score (nSPS) is 13.9. The topological polar surface area (TPSA) is 15.8 Å². The lowest BCUT2D eigenvalue weighted by Crippen LogP contribution is -2.18. The molecule has 1 atom stereocenters. The number of para-hydroxylation sites is 2. The Hall–Kier alpha value is -1.76. The fourth-order valence-electron chi connectivity index (χ4n) is 3.53. The van der Waals surface area contributed by atoms with Crippen molar-refractivity contribution in [1.29, 1.82) is 0 Å². The zero-order valence-electron chi connectivity index (χ0n) is 13.5. The first-order valence-corrected chi connectivity index (χ1v) is 8.01. The van der Waals surface area contributed by atoms with Gasteiger partial charge in [-0.15, -0.1) is 0 Å². The third kappa shape index (κ3) is 2.46. The summed E-state index contributed by atoms with van der Waals surface area (Å²) in [5, 5.41) is 2.69. The van der Waals surface area contributed by atoms with Crippen molar-refractivity contribution in [2.24, 2.45) is 5.41 Å². The summed E-state index contributed by atoms with van der Waals surface area (Å²) in [4.78, 5) is 3.66. The maximum atomic E-state index is 3.66. The minimum Gasteiger partial charge on any atom is -0.354 e.